The lowest BCUT2D eigenvalue weighted by Gasteiger charge is -2.19. The second-order valence-electron chi connectivity index (χ2n) is 6.40. The Labute approximate surface area is 152 Å². The summed E-state index contributed by atoms with van der Waals surface area (Å²) in [5.41, 5.74) is 0.512. The molecule has 0 atom stereocenters. The summed E-state index contributed by atoms with van der Waals surface area (Å²) in [6.07, 6.45) is 0.663. The van der Waals surface area contributed by atoms with Crippen molar-refractivity contribution in [3.8, 4) is 0 Å². The standard InChI is InChI=1S/C17H19ClN2O4S/c1-17(2,3)24-16(21)20-13-6-4-12(5-7-13)11-25(22,23)14-8-9-15(18)19-10-14/h4-10H,11H2,1-3H3,(H,20,21). The van der Waals surface area contributed by atoms with E-state index in [4.69, 9.17) is 16.3 Å². The van der Waals surface area contributed by atoms with Crippen molar-refractivity contribution in [1.29, 1.82) is 0 Å². The molecule has 2 rings (SSSR count). The molecule has 0 spiro atoms. The summed E-state index contributed by atoms with van der Waals surface area (Å²) in [6.45, 7) is 5.31. The first-order chi connectivity index (χ1) is 11.5. The SMILES string of the molecule is CC(C)(C)OC(=O)Nc1ccc(CS(=O)(=O)c2ccc(Cl)nc2)cc1. The molecule has 0 saturated carbocycles. The van der Waals surface area contributed by atoms with Gasteiger partial charge in [-0.05, 0) is 50.6 Å². The van der Waals surface area contributed by atoms with Crippen LogP contribution in [0.1, 0.15) is 26.3 Å². The molecule has 0 aliphatic rings. The number of nitrogens with zero attached hydrogens (tertiary/aromatic N) is 1. The molecule has 6 nitrogen and oxygen atoms in total. The number of nitrogens with one attached hydrogen (secondary N) is 1. The number of hydrogen-bond donors (Lipinski definition) is 1. The van der Waals surface area contributed by atoms with Gasteiger partial charge >= 0.3 is 6.09 Å². The molecule has 1 aromatic heterocycles. The Hall–Kier alpha value is -2.12. The van der Waals surface area contributed by atoms with Crippen LogP contribution in [-0.4, -0.2) is 25.1 Å². The number of amides is 1. The van der Waals surface area contributed by atoms with Crippen molar-refractivity contribution in [2.75, 3.05) is 5.32 Å². The number of pyridine rings is 1. The Morgan fingerprint density at radius 1 is 1.16 bits per heavy atom. The van der Waals surface area contributed by atoms with E-state index in [0.29, 0.717) is 11.3 Å². The van der Waals surface area contributed by atoms with Crippen molar-refractivity contribution in [2.45, 2.75) is 37.0 Å². The van der Waals surface area contributed by atoms with Crippen LogP contribution < -0.4 is 5.32 Å². The molecule has 0 aliphatic carbocycles. The molecule has 2 aromatic rings. The molecule has 25 heavy (non-hydrogen) atoms. The smallest absolute Gasteiger partial charge is 0.412 e. The van der Waals surface area contributed by atoms with Crippen LogP contribution in [0.15, 0.2) is 47.5 Å². The molecule has 0 radical (unpaired) electrons. The fourth-order valence-corrected chi connectivity index (χ4v) is 3.35. The highest BCUT2D eigenvalue weighted by Gasteiger charge is 2.17. The third-order valence-corrected chi connectivity index (χ3v) is 4.91. The van der Waals surface area contributed by atoms with E-state index in [1.165, 1.54) is 18.3 Å². The minimum absolute atomic E-state index is 0.104. The van der Waals surface area contributed by atoms with E-state index in [1.807, 2.05) is 0 Å². The number of anilines is 1. The predicted molar refractivity (Wildman–Crippen MR) is 96.4 cm³/mol. The zero-order chi connectivity index (χ0) is 18.7. The number of benzene rings is 1. The monoisotopic (exact) mass is 382 g/mol. The van der Waals surface area contributed by atoms with Crippen molar-refractivity contribution in [1.82, 2.24) is 4.98 Å². The first-order valence-electron chi connectivity index (χ1n) is 7.48. The molecule has 0 bridgehead atoms. The molecular weight excluding hydrogens is 364 g/mol. The van der Waals surface area contributed by atoms with Gasteiger partial charge in [-0.2, -0.15) is 0 Å². The number of rotatable bonds is 4. The molecule has 0 fully saturated rings. The number of carbonyl (C=O) groups is 1. The number of ether oxygens (including phenoxy) is 1. The summed E-state index contributed by atoms with van der Waals surface area (Å²) in [5.74, 6) is -0.178. The minimum Gasteiger partial charge on any atom is -0.444 e. The third kappa shape index (κ3) is 6.03. The van der Waals surface area contributed by atoms with E-state index in [-0.39, 0.29) is 15.8 Å². The van der Waals surface area contributed by atoms with Crippen LogP contribution in [0.5, 0.6) is 0 Å². The maximum Gasteiger partial charge on any atom is 0.412 e. The van der Waals surface area contributed by atoms with Gasteiger partial charge in [-0.15, -0.1) is 0 Å². The zero-order valence-electron chi connectivity index (χ0n) is 14.1. The van der Waals surface area contributed by atoms with Gasteiger partial charge in [-0.25, -0.2) is 18.2 Å². The highest BCUT2D eigenvalue weighted by atomic mass is 35.5. The van der Waals surface area contributed by atoms with Gasteiger partial charge in [0, 0.05) is 11.9 Å². The van der Waals surface area contributed by atoms with Gasteiger partial charge in [0.25, 0.3) is 0 Å². The normalized spacial score (nSPS) is 11.8. The Kier molecular flexibility index (Phi) is 5.69. The summed E-state index contributed by atoms with van der Waals surface area (Å²) in [5, 5.41) is 2.82. The van der Waals surface area contributed by atoms with E-state index < -0.39 is 21.5 Å². The maximum absolute atomic E-state index is 12.4. The third-order valence-electron chi connectivity index (χ3n) is 3.02. The summed E-state index contributed by atoms with van der Waals surface area (Å²) < 4.78 is 29.9. The number of carbonyl (C=O) groups excluding carboxylic acids is 1. The van der Waals surface area contributed by atoms with E-state index in [2.05, 4.69) is 10.3 Å². The van der Waals surface area contributed by atoms with Crippen LogP contribution in [-0.2, 0) is 20.3 Å². The second kappa shape index (κ2) is 7.41. The van der Waals surface area contributed by atoms with Gasteiger partial charge in [0.05, 0.1) is 10.6 Å². The number of aromatic nitrogens is 1. The van der Waals surface area contributed by atoms with Crippen molar-refractivity contribution in [3.05, 3.63) is 53.3 Å². The second-order valence-corrected chi connectivity index (χ2v) is 8.78. The Bertz CT molecular complexity index is 842. The average molecular weight is 383 g/mol. The van der Waals surface area contributed by atoms with Crippen LogP contribution >= 0.6 is 11.6 Å². The maximum atomic E-state index is 12.4. The molecule has 1 amide bonds. The first kappa shape index (κ1) is 19.2. The summed E-state index contributed by atoms with van der Waals surface area (Å²) in [4.78, 5) is 15.6. The lowest BCUT2D eigenvalue weighted by molar-refractivity contribution is 0.0636. The van der Waals surface area contributed by atoms with Gasteiger partial charge in [-0.3, -0.25) is 5.32 Å². The van der Waals surface area contributed by atoms with E-state index in [1.54, 1.807) is 45.0 Å². The van der Waals surface area contributed by atoms with Crippen molar-refractivity contribution in [3.63, 3.8) is 0 Å². The van der Waals surface area contributed by atoms with Gasteiger partial charge in [0.1, 0.15) is 10.8 Å². The number of halogens is 1. The van der Waals surface area contributed by atoms with Crippen molar-refractivity contribution >= 4 is 33.2 Å². The van der Waals surface area contributed by atoms with Crippen molar-refractivity contribution < 1.29 is 17.9 Å². The summed E-state index contributed by atoms with van der Waals surface area (Å²) in [6, 6.07) is 9.36. The quantitative estimate of drug-likeness (QED) is 0.806. The van der Waals surface area contributed by atoms with Crippen LogP contribution in [0.2, 0.25) is 5.15 Å². The summed E-state index contributed by atoms with van der Waals surface area (Å²) >= 11 is 5.67. The number of sulfone groups is 1. The van der Waals surface area contributed by atoms with Crippen LogP contribution in [0.3, 0.4) is 0 Å². The van der Waals surface area contributed by atoms with Crippen LogP contribution in [0.4, 0.5) is 10.5 Å². The topological polar surface area (TPSA) is 85.4 Å². The largest absolute Gasteiger partial charge is 0.444 e. The Morgan fingerprint density at radius 2 is 1.80 bits per heavy atom. The van der Waals surface area contributed by atoms with Crippen molar-refractivity contribution in [2.24, 2.45) is 0 Å². The van der Waals surface area contributed by atoms with Gasteiger partial charge in [0.2, 0.25) is 0 Å². The summed E-state index contributed by atoms with van der Waals surface area (Å²) in [7, 11) is -3.52. The predicted octanol–water partition coefficient (Wildman–Crippen LogP) is 4.06. The lowest BCUT2D eigenvalue weighted by Crippen LogP contribution is -2.27. The highest BCUT2D eigenvalue weighted by Crippen LogP contribution is 2.19. The van der Waals surface area contributed by atoms with Gasteiger partial charge in [-0.1, -0.05) is 23.7 Å². The molecule has 8 heteroatoms. The molecule has 1 N–H and O–H groups in total. The fourth-order valence-electron chi connectivity index (χ4n) is 1.95. The number of hydrogen-bond acceptors (Lipinski definition) is 5. The average Bonchev–Trinajstić information content (AvgIpc) is 2.47. The first-order valence-corrected chi connectivity index (χ1v) is 9.51. The molecule has 1 heterocycles. The van der Waals surface area contributed by atoms with E-state index in [0.717, 1.165) is 0 Å². The molecular formula is C17H19ClN2O4S. The Balaban J connectivity index is 2.05. The van der Waals surface area contributed by atoms with Gasteiger partial charge in [0.15, 0.2) is 9.84 Å². The van der Waals surface area contributed by atoms with Crippen LogP contribution in [0.25, 0.3) is 0 Å². The lowest BCUT2D eigenvalue weighted by atomic mass is 10.2. The van der Waals surface area contributed by atoms with Gasteiger partial charge < -0.3 is 4.74 Å². The zero-order valence-corrected chi connectivity index (χ0v) is 15.7. The molecule has 0 saturated heterocycles. The highest BCUT2D eigenvalue weighted by molar-refractivity contribution is 7.90. The molecule has 134 valence electrons. The molecule has 1 aromatic carbocycles. The Morgan fingerprint density at radius 3 is 2.32 bits per heavy atom. The molecule has 0 unspecified atom stereocenters. The fraction of sp³-hybridized carbons (Fsp3) is 0.294. The minimum atomic E-state index is -3.52. The van der Waals surface area contributed by atoms with E-state index >= 15 is 0 Å². The molecule has 0 aliphatic heterocycles. The van der Waals surface area contributed by atoms with E-state index in [9.17, 15) is 13.2 Å². The van der Waals surface area contributed by atoms with Crippen LogP contribution in [0, 0.1) is 0 Å².